The first-order valence-electron chi connectivity index (χ1n) is 8.67. The predicted octanol–water partition coefficient (Wildman–Crippen LogP) is 3.92. The average molecular weight is 367 g/mol. The van der Waals surface area contributed by atoms with Gasteiger partial charge in [0.2, 0.25) is 5.88 Å². The van der Waals surface area contributed by atoms with Crippen molar-refractivity contribution in [3.63, 3.8) is 0 Å². The smallest absolute Gasteiger partial charge is 0.269 e. The zero-order valence-electron chi connectivity index (χ0n) is 15.7. The number of rotatable bonds is 6. The van der Waals surface area contributed by atoms with Crippen LogP contribution in [0.25, 0.3) is 10.9 Å². The van der Waals surface area contributed by atoms with Crippen LogP contribution in [0.4, 0.5) is 4.39 Å². The number of benzene rings is 1. The van der Waals surface area contributed by atoms with E-state index in [1.54, 1.807) is 25.2 Å². The van der Waals surface area contributed by atoms with E-state index in [2.05, 4.69) is 21.4 Å². The van der Waals surface area contributed by atoms with Crippen molar-refractivity contribution in [2.24, 2.45) is 0 Å². The summed E-state index contributed by atoms with van der Waals surface area (Å²) in [6, 6.07) is 7.87. The topological polar surface area (TPSA) is 56.2 Å². The summed E-state index contributed by atoms with van der Waals surface area (Å²) >= 11 is 0. The fraction of sp³-hybridized carbons (Fsp3) is 0.238. The zero-order valence-corrected chi connectivity index (χ0v) is 15.7. The molecule has 0 saturated carbocycles. The van der Waals surface area contributed by atoms with Gasteiger partial charge >= 0.3 is 0 Å². The third-order valence-electron chi connectivity index (χ3n) is 4.64. The van der Waals surface area contributed by atoms with Gasteiger partial charge in [0.15, 0.2) is 0 Å². The van der Waals surface area contributed by atoms with E-state index in [0.29, 0.717) is 12.4 Å². The summed E-state index contributed by atoms with van der Waals surface area (Å²) in [5, 5.41) is 3.51. The molecule has 0 bridgehead atoms. The van der Waals surface area contributed by atoms with Crippen LogP contribution in [-0.4, -0.2) is 22.5 Å². The van der Waals surface area contributed by atoms with Crippen LogP contribution in [0, 0.1) is 19.7 Å². The van der Waals surface area contributed by atoms with E-state index in [4.69, 9.17) is 4.74 Å². The number of allylic oxidation sites excluding steroid dienone is 1. The van der Waals surface area contributed by atoms with Crippen molar-refractivity contribution in [1.29, 1.82) is 0 Å². The second-order valence-corrected chi connectivity index (χ2v) is 6.31. The van der Waals surface area contributed by atoms with Gasteiger partial charge in [-0.25, -0.2) is 9.37 Å². The number of nitrogens with one attached hydrogen (secondary N) is 1. The lowest BCUT2D eigenvalue weighted by molar-refractivity contribution is 0.0957. The van der Waals surface area contributed by atoms with Crippen molar-refractivity contribution < 1.29 is 13.9 Å². The molecule has 0 aliphatic carbocycles. The van der Waals surface area contributed by atoms with Crippen LogP contribution < -0.4 is 10.1 Å². The third kappa shape index (κ3) is 3.56. The van der Waals surface area contributed by atoms with Gasteiger partial charge < -0.3 is 14.6 Å². The molecule has 0 atom stereocenters. The molecule has 2 aromatic heterocycles. The number of hydrogen-bond donors (Lipinski definition) is 1. The molecule has 0 spiro atoms. The van der Waals surface area contributed by atoms with Crippen LogP contribution in [0.2, 0.25) is 0 Å². The summed E-state index contributed by atoms with van der Waals surface area (Å²) in [5.41, 5.74) is 4.04. The molecule has 1 aromatic carbocycles. The standard InChI is InChI=1S/C21H22FN3O2/c1-5-10-25-14(3)13(2)17-11-18(20(26)23-4)24-21(19(17)25)27-12-15-6-8-16(22)9-7-15/h5-9,11H,1,10,12H2,2-4H3,(H,23,26). The summed E-state index contributed by atoms with van der Waals surface area (Å²) in [5.74, 6) is -0.211. The highest BCUT2D eigenvalue weighted by molar-refractivity contribution is 5.98. The van der Waals surface area contributed by atoms with Gasteiger partial charge in [0.1, 0.15) is 23.6 Å². The van der Waals surface area contributed by atoms with Gasteiger partial charge in [0.25, 0.3) is 5.91 Å². The molecule has 3 rings (SSSR count). The quantitative estimate of drug-likeness (QED) is 0.672. The van der Waals surface area contributed by atoms with E-state index in [-0.39, 0.29) is 24.0 Å². The first kappa shape index (κ1) is 18.6. The molecule has 140 valence electrons. The maximum absolute atomic E-state index is 13.1. The minimum absolute atomic E-state index is 0.219. The van der Waals surface area contributed by atoms with E-state index in [1.165, 1.54) is 12.1 Å². The normalized spacial score (nSPS) is 10.8. The Hall–Kier alpha value is -3.15. The molecule has 0 aliphatic heterocycles. The Bertz CT molecular complexity index is 1010. The first-order chi connectivity index (χ1) is 13.0. The molecule has 0 unspecified atom stereocenters. The summed E-state index contributed by atoms with van der Waals surface area (Å²) in [6.07, 6.45) is 1.81. The van der Waals surface area contributed by atoms with Crippen molar-refractivity contribution in [3.8, 4) is 5.88 Å². The number of hydrogen-bond acceptors (Lipinski definition) is 3. The van der Waals surface area contributed by atoms with E-state index >= 15 is 0 Å². The van der Waals surface area contributed by atoms with Gasteiger partial charge in [0.05, 0.1) is 0 Å². The maximum Gasteiger partial charge on any atom is 0.269 e. The number of fused-ring (bicyclic) bond motifs is 1. The van der Waals surface area contributed by atoms with Crippen LogP contribution in [0.15, 0.2) is 43.0 Å². The molecule has 6 heteroatoms. The zero-order chi connectivity index (χ0) is 19.6. The largest absolute Gasteiger partial charge is 0.471 e. The first-order valence-corrected chi connectivity index (χ1v) is 8.67. The number of carbonyl (C=O) groups excluding carboxylic acids is 1. The number of aryl methyl sites for hydroxylation is 1. The number of nitrogens with zero attached hydrogens (tertiary/aromatic N) is 2. The minimum atomic E-state index is -0.299. The lowest BCUT2D eigenvalue weighted by Crippen LogP contribution is -2.19. The van der Waals surface area contributed by atoms with Crippen molar-refractivity contribution in [1.82, 2.24) is 14.9 Å². The van der Waals surface area contributed by atoms with Crippen molar-refractivity contribution >= 4 is 16.8 Å². The highest BCUT2D eigenvalue weighted by atomic mass is 19.1. The van der Waals surface area contributed by atoms with Gasteiger partial charge in [-0.2, -0.15) is 0 Å². The molecule has 27 heavy (non-hydrogen) atoms. The molecule has 1 N–H and O–H groups in total. The van der Waals surface area contributed by atoms with Crippen LogP contribution in [0.1, 0.15) is 27.3 Å². The van der Waals surface area contributed by atoms with Gasteiger partial charge in [-0.3, -0.25) is 4.79 Å². The fourth-order valence-electron chi connectivity index (χ4n) is 3.06. The van der Waals surface area contributed by atoms with Crippen molar-refractivity contribution in [2.45, 2.75) is 27.0 Å². The summed E-state index contributed by atoms with van der Waals surface area (Å²) < 4.78 is 21.1. The van der Waals surface area contributed by atoms with Gasteiger partial charge in [-0.15, -0.1) is 6.58 Å². The Morgan fingerprint density at radius 3 is 2.67 bits per heavy atom. The van der Waals surface area contributed by atoms with Gasteiger partial charge in [0, 0.05) is 24.7 Å². The molecule has 5 nitrogen and oxygen atoms in total. The number of aromatic nitrogens is 2. The lowest BCUT2D eigenvalue weighted by atomic mass is 10.1. The fourth-order valence-corrected chi connectivity index (χ4v) is 3.06. The second kappa shape index (κ2) is 7.61. The van der Waals surface area contributed by atoms with Crippen molar-refractivity contribution in [2.75, 3.05) is 7.05 Å². The van der Waals surface area contributed by atoms with E-state index < -0.39 is 0 Å². The average Bonchev–Trinajstić information content (AvgIpc) is 2.92. The SMILES string of the molecule is C=CCn1c(C)c(C)c2cc(C(=O)NC)nc(OCc3ccc(F)cc3)c21. The van der Waals surface area contributed by atoms with Gasteiger partial charge in [-0.1, -0.05) is 18.2 Å². The van der Waals surface area contributed by atoms with E-state index in [0.717, 1.165) is 27.7 Å². The third-order valence-corrected chi connectivity index (χ3v) is 4.64. The summed E-state index contributed by atoms with van der Waals surface area (Å²) in [4.78, 5) is 16.6. The Labute approximate surface area is 157 Å². The van der Waals surface area contributed by atoms with Crippen LogP contribution >= 0.6 is 0 Å². The highest BCUT2D eigenvalue weighted by Gasteiger charge is 2.20. The lowest BCUT2D eigenvalue weighted by Gasteiger charge is -2.12. The number of amides is 1. The molecule has 0 fully saturated rings. The van der Waals surface area contributed by atoms with E-state index in [9.17, 15) is 9.18 Å². The van der Waals surface area contributed by atoms with E-state index in [1.807, 2.05) is 19.9 Å². The number of pyridine rings is 1. The second-order valence-electron chi connectivity index (χ2n) is 6.31. The Morgan fingerprint density at radius 1 is 1.33 bits per heavy atom. The summed E-state index contributed by atoms with van der Waals surface area (Å²) in [7, 11) is 1.56. The van der Waals surface area contributed by atoms with Crippen LogP contribution in [0.5, 0.6) is 5.88 Å². The minimum Gasteiger partial charge on any atom is -0.471 e. The summed E-state index contributed by atoms with van der Waals surface area (Å²) in [6.45, 7) is 8.67. The highest BCUT2D eigenvalue weighted by Crippen LogP contribution is 2.32. The maximum atomic E-state index is 13.1. The molecular formula is C21H22FN3O2. The Morgan fingerprint density at radius 2 is 2.04 bits per heavy atom. The molecule has 0 saturated heterocycles. The predicted molar refractivity (Wildman–Crippen MR) is 104 cm³/mol. The number of halogens is 1. The number of carbonyl (C=O) groups is 1. The van der Waals surface area contributed by atoms with Gasteiger partial charge in [-0.05, 0) is 43.2 Å². The molecule has 0 aliphatic rings. The monoisotopic (exact) mass is 367 g/mol. The number of ether oxygens (including phenoxy) is 1. The molecule has 1 amide bonds. The Balaban J connectivity index is 2.11. The van der Waals surface area contributed by atoms with Crippen LogP contribution in [-0.2, 0) is 13.2 Å². The molecule has 3 aromatic rings. The molecule has 0 radical (unpaired) electrons. The molecular weight excluding hydrogens is 345 g/mol. The van der Waals surface area contributed by atoms with Crippen molar-refractivity contribution in [3.05, 3.63) is 71.3 Å². The van der Waals surface area contributed by atoms with Crippen LogP contribution in [0.3, 0.4) is 0 Å². The Kier molecular flexibility index (Phi) is 5.26. The molecule has 2 heterocycles.